The van der Waals surface area contributed by atoms with Gasteiger partial charge < -0.3 is 15.4 Å². The van der Waals surface area contributed by atoms with E-state index in [1.165, 1.54) is 5.57 Å². The van der Waals surface area contributed by atoms with E-state index in [-0.39, 0.29) is 12.0 Å². The molecule has 4 heteroatoms. The maximum Gasteiger partial charge on any atom is 0.249 e. The van der Waals surface area contributed by atoms with Crippen molar-refractivity contribution in [3.8, 4) is 0 Å². The predicted octanol–water partition coefficient (Wildman–Crippen LogP) is 0.447. The quantitative estimate of drug-likeness (QED) is 0.650. The first-order chi connectivity index (χ1) is 7.27. The van der Waals surface area contributed by atoms with Crippen molar-refractivity contribution in [2.75, 3.05) is 26.7 Å². The van der Waals surface area contributed by atoms with E-state index in [1.807, 2.05) is 6.92 Å². The average molecular weight is 212 g/mol. The summed E-state index contributed by atoms with van der Waals surface area (Å²) in [4.78, 5) is 11.6. The van der Waals surface area contributed by atoms with Crippen LogP contribution in [0, 0.1) is 0 Å². The molecule has 1 aliphatic heterocycles. The van der Waals surface area contributed by atoms with Gasteiger partial charge >= 0.3 is 0 Å². The molecule has 4 nitrogen and oxygen atoms in total. The fourth-order valence-electron chi connectivity index (χ4n) is 1.60. The molecule has 1 heterocycles. The van der Waals surface area contributed by atoms with Crippen LogP contribution in [0.4, 0.5) is 0 Å². The number of carbonyl (C=O) groups excluding carboxylic acids is 1. The Kier molecular flexibility index (Phi) is 5.36. The topological polar surface area (TPSA) is 50.4 Å². The van der Waals surface area contributed by atoms with Crippen LogP contribution in [0.3, 0.4) is 0 Å². The molecule has 1 atom stereocenters. The summed E-state index contributed by atoms with van der Waals surface area (Å²) < 4.78 is 5.06. The van der Waals surface area contributed by atoms with E-state index in [2.05, 4.69) is 16.7 Å². The van der Waals surface area contributed by atoms with Crippen molar-refractivity contribution >= 4 is 5.91 Å². The summed E-state index contributed by atoms with van der Waals surface area (Å²) in [6.07, 6.45) is 3.55. The Morgan fingerprint density at radius 1 is 1.73 bits per heavy atom. The Morgan fingerprint density at radius 3 is 3.07 bits per heavy atom. The zero-order valence-electron chi connectivity index (χ0n) is 9.51. The molecule has 0 aromatic heterocycles. The van der Waals surface area contributed by atoms with E-state index in [9.17, 15) is 4.79 Å². The number of carbonyl (C=O) groups is 1. The second-order valence-electron chi connectivity index (χ2n) is 3.67. The van der Waals surface area contributed by atoms with E-state index in [4.69, 9.17) is 4.74 Å². The van der Waals surface area contributed by atoms with E-state index in [1.54, 1.807) is 7.11 Å². The van der Waals surface area contributed by atoms with Gasteiger partial charge in [-0.15, -0.1) is 0 Å². The molecule has 0 bridgehead atoms. The van der Waals surface area contributed by atoms with Crippen LogP contribution in [-0.2, 0) is 9.53 Å². The van der Waals surface area contributed by atoms with Crippen LogP contribution < -0.4 is 10.6 Å². The Labute approximate surface area is 91.1 Å². The van der Waals surface area contributed by atoms with Gasteiger partial charge in [0.05, 0.1) is 0 Å². The number of methoxy groups -OCH3 is 1. The molecule has 15 heavy (non-hydrogen) atoms. The van der Waals surface area contributed by atoms with Crippen molar-refractivity contribution in [2.45, 2.75) is 25.9 Å². The highest BCUT2D eigenvalue weighted by molar-refractivity contribution is 5.80. The molecule has 0 saturated carbocycles. The van der Waals surface area contributed by atoms with Gasteiger partial charge in [0.15, 0.2) is 0 Å². The monoisotopic (exact) mass is 212 g/mol. The summed E-state index contributed by atoms with van der Waals surface area (Å²) in [6.45, 7) is 4.51. The molecule has 1 amide bonds. The molecular weight excluding hydrogens is 192 g/mol. The van der Waals surface area contributed by atoms with Crippen LogP contribution >= 0.6 is 0 Å². The van der Waals surface area contributed by atoms with Gasteiger partial charge in [-0.3, -0.25) is 4.79 Å². The number of rotatable bonds is 5. The standard InChI is InChI=1S/C11H20N2O2/c1-3-10(15-2)11(14)13-8-9-4-6-12-7-5-9/h4,10,12H,3,5-8H2,1-2H3,(H,13,14). The van der Waals surface area contributed by atoms with Gasteiger partial charge in [0.25, 0.3) is 0 Å². The third-order valence-corrected chi connectivity index (χ3v) is 2.60. The van der Waals surface area contributed by atoms with E-state index >= 15 is 0 Å². The van der Waals surface area contributed by atoms with Gasteiger partial charge in [-0.2, -0.15) is 0 Å². The summed E-state index contributed by atoms with van der Waals surface area (Å²) in [5, 5.41) is 6.13. The van der Waals surface area contributed by atoms with Crippen molar-refractivity contribution in [2.24, 2.45) is 0 Å². The molecular formula is C11H20N2O2. The van der Waals surface area contributed by atoms with Crippen LogP contribution in [0.1, 0.15) is 19.8 Å². The van der Waals surface area contributed by atoms with Crippen molar-refractivity contribution in [1.82, 2.24) is 10.6 Å². The molecule has 1 aliphatic rings. The molecule has 0 radical (unpaired) electrons. The summed E-state index contributed by atoms with van der Waals surface area (Å²) in [5.74, 6) is -0.0144. The van der Waals surface area contributed by atoms with Crippen LogP contribution in [0.5, 0.6) is 0 Å². The lowest BCUT2D eigenvalue weighted by Crippen LogP contribution is -2.37. The lowest BCUT2D eigenvalue weighted by molar-refractivity contribution is -0.131. The van der Waals surface area contributed by atoms with E-state index in [0.29, 0.717) is 13.0 Å². The molecule has 2 N–H and O–H groups in total. The fraction of sp³-hybridized carbons (Fsp3) is 0.727. The molecule has 86 valence electrons. The van der Waals surface area contributed by atoms with Gasteiger partial charge in [0.1, 0.15) is 6.10 Å². The molecule has 0 aromatic carbocycles. The Balaban J connectivity index is 2.29. The highest BCUT2D eigenvalue weighted by Crippen LogP contribution is 2.03. The minimum atomic E-state index is -0.313. The third-order valence-electron chi connectivity index (χ3n) is 2.60. The summed E-state index contributed by atoms with van der Waals surface area (Å²) in [5.41, 5.74) is 1.30. The smallest absolute Gasteiger partial charge is 0.249 e. The zero-order valence-corrected chi connectivity index (χ0v) is 9.51. The largest absolute Gasteiger partial charge is 0.372 e. The lowest BCUT2D eigenvalue weighted by atomic mass is 10.1. The molecule has 1 unspecified atom stereocenters. The summed E-state index contributed by atoms with van der Waals surface area (Å²) >= 11 is 0. The summed E-state index contributed by atoms with van der Waals surface area (Å²) in [7, 11) is 1.57. The minimum Gasteiger partial charge on any atom is -0.372 e. The van der Waals surface area contributed by atoms with Gasteiger partial charge in [-0.05, 0) is 19.4 Å². The van der Waals surface area contributed by atoms with Crippen LogP contribution in [-0.4, -0.2) is 38.8 Å². The van der Waals surface area contributed by atoms with Gasteiger partial charge in [-0.1, -0.05) is 18.6 Å². The van der Waals surface area contributed by atoms with Gasteiger partial charge in [0, 0.05) is 20.2 Å². The van der Waals surface area contributed by atoms with Crippen LogP contribution in [0.15, 0.2) is 11.6 Å². The minimum absolute atomic E-state index is 0.0144. The molecule has 1 rings (SSSR count). The fourth-order valence-corrected chi connectivity index (χ4v) is 1.60. The SMILES string of the molecule is CCC(OC)C(=O)NCC1=CCNCC1. The van der Waals surface area contributed by atoms with Crippen molar-refractivity contribution in [3.05, 3.63) is 11.6 Å². The number of hydrogen-bond donors (Lipinski definition) is 2. The molecule has 0 aromatic rings. The highest BCUT2D eigenvalue weighted by atomic mass is 16.5. The second-order valence-corrected chi connectivity index (χ2v) is 3.67. The molecule has 0 spiro atoms. The van der Waals surface area contributed by atoms with Gasteiger partial charge in [-0.25, -0.2) is 0 Å². The van der Waals surface area contributed by atoms with Gasteiger partial charge in [0.2, 0.25) is 5.91 Å². The Morgan fingerprint density at radius 2 is 2.53 bits per heavy atom. The first kappa shape index (κ1) is 12.2. The lowest BCUT2D eigenvalue weighted by Gasteiger charge is -2.17. The first-order valence-electron chi connectivity index (χ1n) is 5.47. The van der Waals surface area contributed by atoms with E-state index in [0.717, 1.165) is 19.5 Å². The van der Waals surface area contributed by atoms with Crippen LogP contribution in [0.25, 0.3) is 0 Å². The second kappa shape index (κ2) is 6.58. The van der Waals surface area contributed by atoms with Crippen molar-refractivity contribution in [3.63, 3.8) is 0 Å². The predicted molar refractivity (Wildman–Crippen MR) is 59.7 cm³/mol. The number of hydrogen-bond acceptors (Lipinski definition) is 3. The van der Waals surface area contributed by atoms with Crippen molar-refractivity contribution in [1.29, 1.82) is 0 Å². The van der Waals surface area contributed by atoms with Crippen LogP contribution in [0.2, 0.25) is 0 Å². The third kappa shape index (κ3) is 4.01. The first-order valence-corrected chi connectivity index (χ1v) is 5.47. The maximum atomic E-state index is 11.6. The number of amides is 1. The Bertz CT molecular complexity index is 235. The van der Waals surface area contributed by atoms with E-state index < -0.39 is 0 Å². The maximum absolute atomic E-state index is 11.6. The Hall–Kier alpha value is -0.870. The zero-order chi connectivity index (χ0) is 11.1. The van der Waals surface area contributed by atoms with Crippen molar-refractivity contribution < 1.29 is 9.53 Å². The molecule has 0 aliphatic carbocycles. The molecule has 0 fully saturated rings. The molecule has 0 saturated heterocycles. The normalized spacial score (nSPS) is 18.1. The summed E-state index contributed by atoms with van der Waals surface area (Å²) in [6, 6.07) is 0. The highest BCUT2D eigenvalue weighted by Gasteiger charge is 2.15. The number of ether oxygens (including phenoxy) is 1. The average Bonchev–Trinajstić information content (AvgIpc) is 2.29. The number of nitrogens with one attached hydrogen (secondary N) is 2.